The fraction of sp³-hybridized carbons (Fsp3) is 0. The molecule has 0 radical (unpaired) electrons. The van der Waals surface area contributed by atoms with Crippen molar-refractivity contribution in [3.8, 4) is 68.8 Å². The third-order valence-electron chi connectivity index (χ3n) is 11.3. The molecule has 8 aromatic carbocycles. The molecule has 0 aliphatic rings. The normalized spacial score (nSPS) is 11.3. The van der Waals surface area contributed by atoms with E-state index in [4.69, 9.17) is 15.0 Å². The Hall–Kier alpha value is -8.65. The van der Waals surface area contributed by atoms with Gasteiger partial charge in [-0.2, -0.15) is 10.5 Å². The van der Waals surface area contributed by atoms with Crippen molar-refractivity contribution in [2.24, 2.45) is 0 Å². The number of aromatic nitrogens is 5. The van der Waals surface area contributed by atoms with E-state index in [1.807, 2.05) is 84.9 Å². The van der Waals surface area contributed by atoms with Crippen LogP contribution >= 0.6 is 0 Å². The minimum atomic E-state index is 0.470. The van der Waals surface area contributed by atoms with Crippen LogP contribution in [-0.2, 0) is 0 Å². The van der Waals surface area contributed by atoms with Crippen molar-refractivity contribution in [3.63, 3.8) is 0 Å². The molecule has 11 aromatic rings. The van der Waals surface area contributed by atoms with Crippen LogP contribution in [0.4, 0.5) is 0 Å². The fourth-order valence-electron chi connectivity index (χ4n) is 8.50. The van der Waals surface area contributed by atoms with Gasteiger partial charge in [0.15, 0.2) is 17.5 Å². The van der Waals surface area contributed by atoms with E-state index in [1.54, 1.807) is 0 Å². The van der Waals surface area contributed by atoms with Crippen LogP contribution in [0.25, 0.3) is 100 Å². The zero-order valence-corrected chi connectivity index (χ0v) is 32.0. The number of benzene rings is 8. The lowest BCUT2D eigenvalue weighted by Gasteiger charge is -2.17. The highest BCUT2D eigenvalue weighted by Crippen LogP contribution is 2.40. The van der Waals surface area contributed by atoms with Gasteiger partial charge in [0.25, 0.3) is 0 Å². The van der Waals surface area contributed by atoms with Crippen molar-refractivity contribution in [2.45, 2.75) is 0 Å². The molecule has 278 valence electrons. The summed E-state index contributed by atoms with van der Waals surface area (Å²) in [6.45, 7) is 0. The third kappa shape index (κ3) is 5.61. The molecule has 0 atom stereocenters. The quantitative estimate of drug-likeness (QED) is 0.168. The lowest BCUT2D eigenvalue weighted by Crippen LogP contribution is -2.06. The largest absolute Gasteiger partial charge is 0.309 e. The molecule has 0 unspecified atom stereocenters. The average molecular weight is 766 g/mol. The van der Waals surface area contributed by atoms with Gasteiger partial charge in [-0.3, -0.25) is 0 Å². The summed E-state index contributed by atoms with van der Waals surface area (Å²) in [6, 6.07) is 67.9. The zero-order chi connectivity index (χ0) is 40.2. The molecule has 3 heterocycles. The predicted molar refractivity (Wildman–Crippen MR) is 240 cm³/mol. The standard InChI is InChI=1S/C53H31N7/c54-32-34-22-25-36(26-23-34)38-27-29-49(59-45-18-8-4-14-39(45)40-15-5-9-19-46(40)59)44(31-38)53-57-51(37-12-2-1-3-13-37)56-52(58-53)43-28-24-35(33-55)30-50(43)60-47-20-10-6-16-41(47)42-17-7-11-21-48(42)60/h1-31H. The first-order chi connectivity index (χ1) is 29.7. The first kappa shape index (κ1) is 34.6. The predicted octanol–water partition coefficient (Wildman–Crippen LogP) is 12.5. The first-order valence-electron chi connectivity index (χ1n) is 19.6. The van der Waals surface area contributed by atoms with Gasteiger partial charge in [0, 0.05) is 38.2 Å². The molecular formula is C53H31N7. The summed E-state index contributed by atoms with van der Waals surface area (Å²) in [5.74, 6) is 1.48. The Bertz CT molecular complexity index is 3460. The van der Waals surface area contributed by atoms with Gasteiger partial charge in [-0.05, 0) is 77.9 Å². The molecular weight excluding hydrogens is 735 g/mol. The molecule has 0 saturated heterocycles. The first-order valence-corrected chi connectivity index (χ1v) is 19.6. The summed E-state index contributed by atoms with van der Waals surface area (Å²) in [4.78, 5) is 15.9. The number of hydrogen-bond acceptors (Lipinski definition) is 5. The Balaban J connectivity index is 1.23. The van der Waals surface area contributed by atoms with Crippen LogP contribution in [0.3, 0.4) is 0 Å². The van der Waals surface area contributed by atoms with Crippen LogP contribution in [0.15, 0.2) is 188 Å². The lowest BCUT2D eigenvalue weighted by molar-refractivity contribution is 1.06. The third-order valence-corrected chi connectivity index (χ3v) is 11.3. The minimum absolute atomic E-state index is 0.470. The van der Waals surface area contributed by atoms with Crippen molar-refractivity contribution < 1.29 is 0 Å². The van der Waals surface area contributed by atoms with Gasteiger partial charge in [-0.25, -0.2) is 15.0 Å². The van der Waals surface area contributed by atoms with Crippen molar-refractivity contribution >= 4 is 43.6 Å². The van der Waals surface area contributed by atoms with Crippen LogP contribution in [-0.4, -0.2) is 24.1 Å². The van der Waals surface area contributed by atoms with Crippen LogP contribution in [0.1, 0.15) is 11.1 Å². The van der Waals surface area contributed by atoms with Gasteiger partial charge >= 0.3 is 0 Å². The van der Waals surface area contributed by atoms with Crippen molar-refractivity contribution in [1.82, 2.24) is 24.1 Å². The monoisotopic (exact) mass is 765 g/mol. The van der Waals surface area contributed by atoms with E-state index < -0.39 is 0 Å². The fourth-order valence-corrected chi connectivity index (χ4v) is 8.50. The van der Waals surface area contributed by atoms with Crippen LogP contribution < -0.4 is 0 Å². The summed E-state index contributed by atoms with van der Waals surface area (Å²) in [5, 5.41) is 24.3. The number of fused-ring (bicyclic) bond motifs is 6. The average Bonchev–Trinajstić information content (AvgIpc) is 3.84. The Labute approximate surface area is 345 Å². The van der Waals surface area contributed by atoms with Gasteiger partial charge in [0.1, 0.15) is 0 Å². The molecule has 0 aliphatic heterocycles. The smallest absolute Gasteiger partial charge is 0.166 e. The molecule has 0 N–H and O–H groups in total. The summed E-state index contributed by atoms with van der Waals surface area (Å²) >= 11 is 0. The summed E-state index contributed by atoms with van der Waals surface area (Å²) in [5.41, 5.74) is 11.3. The van der Waals surface area contributed by atoms with E-state index >= 15 is 0 Å². The molecule has 0 amide bonds. The number of nitrogens with zero attached hydrogens (tertiary/aromatic N) is 7. The molecule has 0 fully saturated rings. The lowest BCUT2D eigenvalue weighted by atomic mass is 10.00. The van der Waals surface area contributed by atoms with E-state index in [-0.39, 0.29) is 0 Å². The van der Waals surface area contributed by atoms with Gasteiger partial charge in [-0.1, -0.05) is 121 Å². The van der Waals surface area contributed by atoms with Gasteiger partial charge in [0.05, 0.1) is 56.7 Å². The van der Waals surface area contributed by atoms with E-state index in [0.717, 1.165) is 82.8 Å². The SMILES string of the molecule is N#Cc1ccc(-c2ccc(-n3c4ccccc4c4ccccc43)c(-c3nc(-c4ccccc4)nc(-c4ccc(C#N)cc4-n4c5ccccc5c5ccccc54)n3)c2)cc1. The zero-order valence-electron chi connectivity index (χ0n) is 32.0. The van der Waals surface area contributed by atoms with Gasteiger partial charge < -0.3 is 9.13 Å². The Morgan fingerprint density at radius 2 is 0.783 bits per heavy atom. The van der Waals surface area contributed by atoms with Crippen molar-refractivity contribution in [2.75, 3.05) is 0 Å². The molecule has 0 saturated carbocycles. The van der Waals surface area contributed by atoms with E-state index in [1.165, 1.54) is 0 Å². The molecule has 11 rings (SSSR count). The topological polar surface area (TPSA) is 96.1 Å². The second-order valence-corrected chi connectivity index (χ2v) is 14.7. The van der Waals surface area contributed by atoms with E-state index in [0.29, 0.717) is 28.6 Å². The highest BCUT2D eigenvalue weighted by Gasteiger charge is 2.23. The summed E-state index contributed by atoms with van der Waals surface area (Å²) in [6.07, 6.45) is 0. The Morgan fingerprint density at radius 3 is 1.33 bits per heavy atom. The second-order valence-electron chi connectivity index (χ2n) is 14.7. The van der Waals surface area contributed by atoms with Gasteiger partial charge in [0.2, 0.25) is 0 Å². The van der Waals surface area contributed by atoms with Crippen LogP contribution in [0.5, 0.6) is 0 Å². The number of rotatable bonds is 6. The molecule has 7 heteroatoms. The van der Waals surface area contributed by atoms with Gasteiger partial charge in [-0.15, -0.1) is 0 Å². The molecule has 0 aliphatic carbocycles. The van der Waals surface area contributed by atoms with Crippen molar-refractivity contribution in [1.29, 1.82) is 10.5 Å². The van der Waals surface area contributed by atoms with Crippen LogP contribution in [0, 0.1) is 22.7 Å². The maximum atomic E-state index is 10.2. The maximum absolute atomic E-state index is 10.2. The van der Waals surface area contributed by atoms with E-state index in [2.05, 4.69) is 124 Å². The molecule has 60 heavy (non-hydrogen) atoms. The summed E-state index contributed by atoms with van der Waals surface area (Å²) < 4.78 is 4.50. The highest BCUT2D eigenvalue weighted by atomic mass is 15.1. The highest BCUT2D eigenvalue weighted by molar-refractivity contribution is 6.11. The number of para-hydroxylation sites is 4. The van der Waals surface area contributed by atoms with Crippen molar-refractivity contribution in [3.05, 3.63) is 199 Å². The molecule has 3 aromatic heterocycles. The number of hydrogen-bond donors (Lipinski definition) is 0. The molecule has 7 nitrogen and oxygen atoms in total. The van der Waals surface area contributed by atoms with Crippen LogP contribution in [0.2, 0.25) is 0 Å². The number of nitriles is 2. The van der Waals surface area contributed by atoms with E-state index in [9.17, 15) is 10.5 Å². The second kappa shape index (κ2) is 14.1. The minimum Gasteiger partial charge on any atom is -0.309 e. The Morgan fingerprint density at radius 1 is 0.333 bits per heavy atom. The summed E-state index contributed by atoms with van der Waals surface area (Å²) in [7, 11) is 0. The molecule has 0 spiro atoms. The molecule has 0 bridgehead atoms. The Kier molecular flexibility index (Phi) is 8.11. The maximum Gasteiger partial charge on any atom is 0.166 e.